The summed E-state index contributed by atoms with van der Waals surface area (Å²) >= 11 is 0. The summed E-state index contributed by atoms with van der Waals surface area (Å²) in [6.07, 6.45) is 2.23. The summed E-state index contributed by atoms with van der Waals surface area (Å²) in [5, 5.41) is 2.53. The van der Waals surface area contributed by atoms with Gasteiger partial charge in [0.15, 0.2) is 5.78 Å². The molecule has 0 aliphatic heterocycles. The van der Waals surface area contributed by atoms with Crippen molar-refractivity contribution in [3.63, 3.8) is 0 Å². The molecule has 1 atom stereocenters. The Labute approximate surface area is 153 Å². The number of rotatable bonds is 3. The van der Waals surface area contributed by atoms with Gasteiger partial charge in [0, 0.05) is 29.3 Å². The highest BCUT2D eigenvalue weighted by atomic mass is 19.1. The number of anilines is 1. The van der Waals surface area contributed by atoms with E-state index in [0.717, 1.165) is 0 Å². The largest absolute Gasteiger partial charge is 0.469 e. The molecule has 27 heavy (non-hydrogen) atoms. The molecule has 1 aliphatic rings. The summed E-state index contributed by atoms with van der Waals surface area (Å²) in [7, 11) is 0. The van der Waals surface area contributed by atoms with Gasteiger partial charge < -0.3 is 14.7 Å². The molecule has 7 heteroatoms. The number of benzene rings is 1. The van der Waals surface area contributed by atoms with E-state index in [9.17, 15) is 18.8 Å². The van der Waals surface area contributed by atoms with Crippen LogP contribution >= 0.6 is 0 Å². The molecule has 4 rings (SSSR count). The molecule has 2 aromatic heterocycles. The molecule has 1 aromatic carbocycles. The molecule has 136 valence electrons. The molecule has 0 saturated heterocycles. The molecule has 3 aromatic rings. The van der Waals surface area contributed by atoms with Crippen LogP contribution in [-0.4, -0.2) is 16.7 Å². The van der Waals surface area contributed by atoms with Crippen LogP contribution in [0.15, 0.2) is 57.9 Å². The van der Waals surface area contributed by atoms with Crippen molar-refractivity contribution >= 4 is 17.4 Å². The van der Waals surface area contributed by atoms with Gasteiger partial charge in [0.25, 0.3) is 11.5 Å². The summed E-state index contributed by atoms with van der Waals surface area (Å²) in [6, 6.07) is 10.0. The van der Waals surface area contributed by atoms with Crippen LogP contribution in [0, 0.1) is 5.82 Å². The number of aromatic nitrogens is 1. The van der Waals surface area contributed by atoms with Gasteiger partial charge in [-0.05, 0) is 48.9 Å². The summed E-state index contributed by atoms with van der Waals surface area (Å²) in [5.74, 6) is -0.713. The summed E-state index contributed by atoms with van der Waals surface area (Å²) in [5.41, 5.74) is 0.435. The van der Waals surface area contributed by atoms with E-state index >= 15 is 0 Å². The lowest BCUT2D eigenvalue weighted by atomic mass is 9.84. The van der Waals surface area contributed by atoms with Crippen molar-refractivity contribution in [2.24, 2.45) is 0 Å². The molecule has 1 amide bonds. The van der Waals surface area contributed by atoms with Gasteiger partial charge >= 0.3 is 0 Å². The number of nitrogens with one attached hydrogen (secondary N) is 2. The maximum Gasteiger partial charge on any atom is 0.261 e. The number of fused-ring (bicyclic) bond motifs is 1. The Morgan fingerprint density at radius 3 is 2.63 bits per heavy atom. The first kappa shape index (κ1) is 17.0. The first-order chi connectivity index (χ1) is 13.0. The Balaban J connectivity index is 1.62. The predicted octanol–water partition coefficient (Wildman–Crippen LogP) is 3.27. The Morgan fingerprint density at radius 1 is 1.15 bits per heavy atom. The number of hydrogen-bond acceptors (Lipinski definition) is 4. The van der Waals surface area contributed by atoms with E-state index < -0.39 is 17.3 Å². The molecular weight excluding hydrogens is 351 g/mol. The number of carbonyl (C=O) groups is 2. The highest BCUT2D eigenvalue weighted by molar-refractivity contribution is 6.06. The number of aromatic amines is 1. The van der Waals surface area contributed by atoms with Crippen molar-refractivity contribution in [1.29, 1.82) is 0 Å². The number of pyridine rings is 1. The van der Waals surface area contributed by atoms with Gasteiger partial charge in [-0.15, -0.1) is 0 Å². The number of furan rings is 1. The molecule has 0 fully saturated rings. The number of amides is 1. The Hall–Kier alpha value is -3.48. The monoisotopic (exact) mass is 366 g/mol. The molecule has 0 unspecified atom stereocenters. The van der Waals surface area contributed by atoms with Crippen molar-refractivity contribution in [3.05, 3.63) is 87.5 Å². The van der Waals surface area contributed by atoms with E-state index in [0.29, 0.717) is 29.1 Å². The van der Waals surface area contributed by atoms with Crippen LogP contribution in [0.4, 0.5) is 10.1 Å². The van der Waals surface area contributed by atoms with Crippen LogP contribution in [0.5, 0.6) is 0 Å². The molecule has 6 nitrogen and oxygen atoms in total. The number of ketones is 1. The Kier molecular flexibility index (Phi) is 4.19. The molecule has 0 radical (unpaired) electrons. The highest BCUT2D eigenvalue weighted by Gasteiger charge is 2.30. The zero-order valence-corrected chi connectivity index (χ0v) is 14.1. The van der Waals surface area contributed by atoms with Crippen molar-refractivity contribution in [1.82, 2.24) is 4.98 Å². The lowest BCUT2D eigenvalue weighted by Gasteiger charge is -2.22. The van der Waals surface area contributed by atoms with E-state index in [-0.39, 0.29) is 23.7 Å². The minimum atomic E-state index is -0.661. The topological polar surface area (TPSA) is 92.2 Å². The van der Waals surface area contributed by atoms with E-state index in [1.54, 1.807) is 18.4 Å². The summed E-state index contributed by atoms with van der Waals surface area (Å²) < 4.78 is 18.3. The lowest BCUT2D eigenvalue weighted by Crippen LogP contribution is -2.29. The summed E-state index contributed by atoms with van der Waals surface area (Å²) in [4.78, 5) is 40.0. The third-order valence-corrected chi connectivity index (χ3v) is 4.60. The quantitative estimate of drug-likeness (QED) is 0.744. The number of hydrogen-bond donors (Lipinski definition) is 2. The number of halogens is 1. The second-order valence-corrected chi connectivity index (χ2v) is 6.41. The van der Waals surface area contributed by atoms with E-state index in [1.165, 1.54) is 30.3 Å². The molecular formula is C20H15FN2O4. The smallest absolute Gasteiger partial charge is 0.261 e. The van der Waals surface area contributed by atoms with Crippen LogP contribution in [0.1, 0.15) is 44.5 Å². The van der Waals surface area contributed by atoms with Gasteiger partial charge in [0.1, 0.15) is 17.1 Å². The first-order valence-corrected chi connectivity index (χ1v) is 8.41. The average molecular weight is 366 g/mol. The molecule has 0 bridgehead atoms. The minimum absolute atomic E-state index is 0.144. The fourth-order valence-corrected chi connectivity index (χ4v) is 3.26. The van der Waals surface area contributed by atoms with Crippen molar-refractivity contribution in [3.8, 4) is 0 Å². The van der Waals surface area contributed by atoms with Crippen LogP contribution in [-0.2, 0) is 6.42 Å². The fourth-order valence-electron chi connectivity index (χ4n) is 3.26. The number of carbonyl (C=O) groups excluding carboxylic acids is 2. The maximum atomic E-state index is 13.0. The zero-order chi connectivity index (χ0) is 19.0. The van der Waals surface area contributed by atoms with Crippen LogP contribution in [0.25, 0.3) is 0 Å². The SMILES string of the molecule is O=C1C[C@H](c2ccco2)Cc2[nH]c(=O)c(C(=O)Nc3ccc(F)cc3)cc21. The second-order valence-electron chi connectivity index (χ2n) is 6.41. The standard InChI is InChI=1S/C20H15FN2O4/c21-12-3-5-13(6-4-12)22-19(25)15-10-14-16(23-20(15)26)8-11(9-17(14)24)18-2-1-7-27-18/h1-7,10-11H,8-9H2,(H,22,25)(H,23,26)/t11-/m1/s1. The van der Waals surface area contributed by atoms with Gasteiger partial charge in [-0.3, -0.25) is 14.4 Å². The molecule has 1 aliphatic carbocycles. The van der Waals surface area contributed by atoms with Gasteiger partial charge in [-0.2, -0.15) is 0 Å². The van der Waals surface area contributed by atoms with Crippen molar-refractivity contribution in [2.75, 3.05) is 5.32 Å². The van der Waals surface area contributed by atoms with Gasteiger partial charge in [0.2, 0.25) is 0 Å². The van der Waals surface area contributed by atoms with Crippen molar-refractivity contribution in [2.45, 2.75) is 18.8 Å². The zero-order valence-electron chi connectivity index (χ0n) is 14.1. The van der Waals surface area contributed by atoms with Gasteiger partial charge in [-0.25, -0.2) is 4.39 Å². The number of H-pyrrole nitrogens is 1. The average Bonchev–Trinajstić information content (AvgIpc) is 3.17. The molecule has 2 N–H and O–H groups in total. The van der Waals surface area contributed by atoms with E-state index in [2.05, 4.69) is 10.3 Å². The number of Topliss-reactive ketones (excluding diaryl/α,β-unsaturated/α-hetero) is 1. The minimum Gasteiger partial charge on any atom is -0.469 e. The van der Waals surface area contributed by atoms with Gasteiger partial charge in [-0.1, -0.05) is 0 Å². The van der Waals surface area contributed by atoms with Crippen molar-refractivity contribution < 1.29 is 18.4 Å². The molecule has 0 spiro atoms. The first-order valence-electron chi connectivity index (χ1n) is 8.41. The fraction of sp³-hybridized carbons (Fsp3) is 0.150. The maximum absolute atomic E-state index is 13.0. The predicted molar refractivity (Wildman–Crippen MR) is 95.5 cm³/mol. The molecule has 0 saturated carbocycles. The third kappa shape index (κ3) is 3.31. The molecule has 2 heterocycles. The van der Waals surface area contributed by atoms with E-state index in [1.807, 2.05) is 0 Å². The second kappa shape index (κ2) is 6.68. The van der Waals surface area contributed by atoms with Crippen LogP contribution in [0.3, 0.4) is 0 Å². The van der Waals surface area contributed by atoms with Crippen LogP contribution < -0.4 is 10.9 Å². The normalized spacial score (nSPS) is 16.0. The lowest BCUT2D eigenvalue weighted by molar-refractivity contribution is 0.0959. The summed E-state index contributed by atoms with van der Waals surface area (Å²) in [6.45, 7) is 0. The van der Waals surface area contributed by atoms with Gasteiger partial charge in [0.05, 0.1) is 6.26 Å². The van der Waals surface area contributed by atoms with Crippen LogP contribution in [0.2, 0.25) is 0 Å². The third-order valence-electron chi connectivity index (χ3n) is 4.60. The Morgan fingerprint density at radius 2 is 1.93 bits per heavy atom. The highest BCUT2D eigenvalue weighted by Crippen LogP contribution is 2.31. The van der Waals surface area contributed by atoms with E-state index in [4.69, 9.17) is 4.42 Å². The Bertz CT molecular complexity index is 1070.